The predicted octanol–water partition coefficient (Wildman–Crippen LogP) is 3.56. The Morgan fingerprint density at radius 1 is 1.38 bits per heavy atom. The molecule has 0 fully saturated rings. The van der Waals surface area contributed by atoms with Gasteiger partial charge >= 0.3 is 5.97 Å². The molecule has 2 aromatic heterocycles. The van der Waals surface area contributed by atoms with Gasteiger partial charge in [0.1, 0.15) is 5.00 Å². The maximum Gasteiger partial charge on any atom is 0.339 e. The summed E-state index contributed by atoms with van der Waals surface area (Å²) in [6, 6.07) is 1.64. The second kappa shape index (κ2) is 5.38. The lowest BCUT2D eigenvalue weighted by molar-refractivity contribution is 0.0697. The van der Waals surface area contributed by atoms with Crippen LogP contribution in [-0.4, -0.2) is 19.5 Å². The van der Waals surface area contributed by atoms with Crippen molar-refractivity contribution < 1.29 is 18.3 Å². The van der Waals surface area contributed by atoms with Crippen LogP contribution in [0.3, 0.4) is 0 Å². The Kier molecular flexibility index (Phi) is 3.85. The van der Waals surface area contributed by atoms with Crippen molar-refractivity contribution in [1.82, 2.24) is 0 Å². The van der Waals surface area contributed by atoms with E-state index in [0.29, 0.717) is 10.9 Å². The minimum Gasteiger partial charge on any atom is -0.478 e. The number of thiophene rings is 2. The van der Waals surface area contributed by atoms with E-state index in [2.05, 4.69) is 20.7 Å². The van der Waals surface area contributed by atoms with Crippen LogP contribution in [0.5, 0.6) is 0 Å². The van der Waals surface area contributed by atoms with Gasteiger partial charge in [-0.3, -0.25) is 4.72 Å². The minimum atomic E-state index is -3.78. The molecule has 2 heterocycles. The van der Waals surface area contributed by atoms with Gasteiger partial charge in [-0.05, 0) is 52.2 Å². The molecular weight excluding hydrogens is 398 g/mol. The maximum absolute atomic E-state index is 12.4. The number of rotatable bonds is 4. The third kappa shape index (κ3) is 2.63. The molecule has 0 radical (unpaired) electrons. The Hall–Kier alpha value is -0.900. The molecule has 0 aliphatic heterocycles. The van der Waals surface area contributed by atoms with Gasteiger partial charge in [0.05, 0.1) is 5.56 Å². The molecule has 112 valence electrons. The number of sulfonamides is 1. The summed E-state index contributed by atoms with van der Waals surface area (Å²) in [6.07, 6.45) is 2.42. The van der Waals surface area contributed by atoms with Gasteiger partial charge in [-0.25, -0.2) is 13.2 Å². The number of anilines is 1. The smallest absolute Gasteiger partial charge is 0.339 e. The quantitative estimate of drug-likeness (QED) is 0.811. The van der Waals surface area contributed by atoms with Crippen LogP contribution < -0.4 is 4.72 Å². The Balaban J connectivity index is 2.03. The van der Waals surface area contributed by atoms with Crippen molar-refractivity contribution in [3.8, 4) is 0 Å². The van der Waals surface area contributed by atoms with Gasteiger partial charge < -0.3 is 5.11 Å². The summed E-state index contributed by atoms with van der Waals surface area (Å²) < 4.78 is 27.8. The molecule has 0 bridgehead atoms. The van der Waals surface area contributed by atoms with Crippen molar-refractivity contribution in [2.45, 2.75) is 23.5 Å². The second-order valence-corrected chi connectivity index (χ2v) is 9.28. The molecule has 0 spiro atoms. The number of halogens is 1. The molecule has 1 aliphatic carbocycles. The number of carboxylic acids is 1. The average molecular weight is 408 g/mol. The van der Waals surface area contributed by atoms with Gasteiger partial charge in [0.25, 0.3) is 10.0 Å². The van der Waals surface area contributed by atoms with E-state index in [4.69, 9.17) is 0 Å². The number of carboxylic acid groups (broad SMARTS) is 1. The molecule has 0 amide bonds. The third-order valence-electron chi connectivity index (χ3n) is 3.19. The number of nitrogens with one attached hydrogen (secondary N) is 1. The van der Waals surface area contributed by atoms with E-state index in [0.717, 1.165) is 34.6 Å². The summed E-state index contributed by atoms with van der Waals surface area (Å²) in [5.41, 5.74) is 0.874. The van der Waals surface area contributed by atoms with E-state index in [1.165, 1.54) is 11.3 Å². The minimum absolute atomic E-state index is 0.101. The molecule has 9 heteroatoms. The zero-order valence-corrected chi connectivity index (χ0v) is 14.6. The van der Waals surface area contributed by atoms with E-state index in [1.807, 2.05) is 0 Å². The van der Waals surface area contributed by atoms with Crippen LogP contribution in [0.25, 0.3) is 0 Å². The van der Waals surface area contributed by atoms with Crippen LogP contribution in [0, 0.1) is 0 Å². The van der Waals surface area contributed by atoms with E-state index >= 15 is 0 Å². The third-order valence-corrected chi connectivity index (χ3v) is 8.55. The maximum atomic E-state index is 12.4. The van der Waals surface area contributed by atoms with Crippen LogP contribution in [0.1, 0.15) is 27.2 Å². The molecule has 0 unspecified atom stereocenters. The number of carbonyl (C=O) groups is 1. The Bertz CT molecular complexity index is 822. The number of hydrogen-bond donors (Lipinski definition) is 2. The van der Waals surface area contributed by atoms with Crippen LogP contribution in [-0.2, 0) is 22.9 Å². The number of aryl methyl sites for hydroxylation is 1. The lowest BCUT2D eigenvalue weighted by Gasteiger charge is -2.07. The van der Waals surface area contributed by atoms with Crippen LogP contribution in [0.15, 0.2) is 20.1 Å². The molecular formula is C12H10BrNO4S3. The van der Waals surface area contributed by atoms with Gasteiger partial charge in [-0.1, -0.05) is 0 Å². The van der Waals surface area contributed by atoms with Crippen molar-refractivity contribution in [3.63, 3.8) is 0 Å². The Labute approximate surface area is 137 Å². The summed E-state index contributed by atoms with van der Waals surface area (Å²) in [4.78, 5) is 12.4. The van der Waals surface area contributed by atoms with E-state index in [9.17, 15) is 18.3 Å². The van der Waals surface area contributed by atoms with Crippen LogP contribution in [0.4, 0.5) is 5.00 Å². The van der Waals surface area contributed by atoms with Crippen LogP contribution >= 0.6 is 38.6 Å². The number of aromatic carboxylic acids is 1. The molecule has 2 aromatic rings. The van der Waals surface area contributed by atoms with Crippen molar-refractivity contribution in [2.24, 2.45) is 0 Å². The normalized spacial score (nSPS) is 14.1. The largest absolute Gasteiger partial charge is 0.478 e. The van der Waals surface area contributed by atoms with E-state index in [-0.39, 0.29) is 14.8 Å². The molecule has 3 rings (SSSR count). The van der Waals surface area contributed by atoms with Gasteiger partial charge in [0, 0.05) is 9.35 Å². The first-order valence-corrected chi connectivity index (χ1v) is 10.0. The Morgan fingerprint density at radius 3 is 2.76 bits per heavy atom. The van der Waals surface area contributed by atoms with Crippen molar-refractivity contribution in [2.75, 3.05) is 4.72 Å². The monoisotopic (exact) mass is 407 g/mol. The van der Waals surface area contributed by atoms with Gasteiger partial charge in [0.15, 0.2) is 4.21 Å². The molecule has 5 nitrogen and oxygen atoms in total. The summed E-state index contributed by atoms with van der Waals surface area (Å²) in [5, 5.41) is 11.2. The number of hydrogen-bond acceptors (Lipinski definition) is 5. The summed E-state index contributed by atoms with van der Waals surface area (Å²) in [5.74, 6) is -1.09. The Morgan fingerprint density at radius 2 is 2.14 bits per heavy atom. The highest BCUT2D eigenvalue weighted by atomic mass is 79.9. The molecule has 0 aromatic carbocycles. The van der Waals surface area contributed by atoms with Crippen molar-refractivity contribution in [3.05, 3.63) is 31.9 Å². The number of fused-ring (bicyclic) bond motifs is 1. The van der Waals surface area contributed by atoms with Gasteiger partial charge in [-0.15, -0.1) is 22.7 Å². The molecule has 1 aliphatic rings. The van der Waals surface area contributed by atoms with Gasteiger partial charge in [-0.2, -0.15) is 0 Å². The first-order valence-electron chi connectivity index (χ1n) is 6.04. The first kappa shape index (κ1) is 15.0. The molecule has 21 heavy (non-hydrogen) atoms. The van der Waals surface area contributed by atoms with Gasteiger partial charge in [0.2, 0.25) is 0 Å². The molecule has 0 saturated carbocycles. The summed E-state index contributed by atoms with van der Waals surface area (Å²) in [7, 11) is -3.78. The average Bonchev–Trinajstić information content (AvgIpc) is 3.02. The summed E-state index contributed by atoms with van der Waals surface area (Å²) >= 11 is 5.49. The lowest BCUT2D eigenvalue weighted by Crippen LogP contribution is -2.14. The van der Waals surface area contributed by atoms with E-state index < -0.39 is 16.0 Å². The summed E-state index contributed by atoms with van der Waals surface area (Å²) in [6.45, 7) is 0. The SMILES string of the molecule is O=C(O)c1c(NS(=O)(=O)c2sccc2Br)sc2c1CCC2. The van der Waals surface area contributed by atoms with Crippen LogP contribution in [0.2, 0.25) is 0 Å². The highest BCUT2D eigenvalue weighted by Crippen LogP contribution is 2.40. The molecule has 0 atom stereocenters. The fraction of sp³-hybridized carbons (Fsp3) is 0.250. The fourth-order valence-corrected chi connectivity index (χ4v) is 7.27. The highest BCUT2D eigenvalue weighted by molar-refractivity contribution is 9.10. The zero-order chi connectivity index (χ0) is 15.2. The molecule has 2 N–H and O–H groups in total. The molecule has 0 saturated heterocycles. The lowest BCUT2D eigenvalue weighted by atomic mass is 10.1. The van der Waals surface area contributed by atoms with Crippen molar-refractivity contribution >= 4 is 59.6 Å². The second-order valence-electron chi connectivity index (χ2n) is 4.53. The zero-order valence-electron chi connectivity index (χ0n) is 10.6. The van der Waals surface area contributed by atoms with E-state index in [1.54, 1.807) is 11.4 Å². The standard InChI is InChI=1S/C12H10BrNO4S3/c13-7-4-5-19-12(7)21(17,18)14-10-9(11(15)16)6-2-1-3-8(6)20-10/h4-5,14H,1-3H2,(H,15,16). The fourth-order valence-electron chi connectivity index (χ4n) is 2.34. The topological polar surface area (TPSA) is 83.5 Å². The van der Waals surface area contributed by atoms with Crippen molar-refractivity contribution in [1.29, 1.82) is 0 Å². The predicted molar refractivity (Wildman–Crippen MR) is 86.1 cm³/mol. The first-order chi connectivity index (χ1) is 9.90. The highest BCUT2D eigenvalue weighted by Gasteiger charge is 2.29.